The van der Waals surface area contributed by atoms with Crippen molar-refractivity contribution in [3.8, 4) is 0 Å². The van der Waals surface area contributed by atoms with E-state index in [-0.39, 0.29) is 6.09 Å². The first kappa shape index (κ1) is 19.2. The number of rotatable bonds is 5. The van der Waals surface area contributed by atoms with Crippen molar-refractivity contribution in [2.24, 2.45) is 0 Å². The van der Waals surface area contributed by atoms with Crippen molar-refractivity contribution in [3.63, 3.8) is 0 Å². The van der Waals surface area contributed by atoms with E-state index in [1.54, 1.807) is 7.05 Å². The Morgan fingerprint density at radius 1 is 1.27 bits per heavy atom. The molecule has 1 aromatic carbocycles. The predicted molar refractivity (Wildman–Crippen MR) is 96.8 cm³/mol. The van der Waals surface area contributed by atoms with E-state index in [1.807, 2.05) is 52.0 Å². The Balaban J connectivity index is 2.70. The van der Waals surface area contributed by atoms with Crippen molar-refractivity contribution in [1.82, 2.24) is 4.90 Å². The van der Waals surface area contributed by atoms with Crippen LogP contribution in [0.2, 0.25) is 0 Å². The largest absolute Gasteiger partial charge is 0.444 e. The van der Waals surface area contributed by atoms with Crippen LogP contribution in [-0.2, 0) is 10.3 Å². The minimum Gasteiger partial charge on any atom is -0.444 e. The number of benzene rings is 1. The van der Waals surface area contributed by atoms with Gasteiger partial charge in [0.25, 0.3) is 0 Å². The molecule has 0 heterocycles. The second-order valence-corrected chi connectivity index (χ2v) is 7.79. The standard InChI is InChI=1S/C17H26INO3/c1-6-17(21,13-7-9-14(18)10-8-13)11-12-19(5)15(20)22-16(2,3)4/h7-10,21H,6,11-12H2,1-5H3. The highest BCUT2D eigenvalue weighted by molar-refractivity contribution is 14.1. The van der Waals surface area contributed by atoms with Gasteiger partial charge in [0, 0.05) is 17.2 Å². The van der Waals surface area contributed by atoms with Crippen LogP contribution >= 0.6 is 22.6 Å². The maximum absolute atomic E-state index is 12.0. The topological polar surface area (TPSA) is 49.8 Å². The van der Waals surface area contributed by atoms with Crippen LogP contribution in [0.15, 0.2) is 24.3 Å². The number of hydrogen-bond acceptors (Lipinski definition) is 3. The lowest BCUT2D eigenvalue weighted by molar-refractivity contribution is 0.00386. The fourth-order valence-corrected chi connectivity index (χ4v) is 2.43. The van der Waals surface area contributed by atoms with E-state index in [9.17, 15) is 9.90 Å². The van der Waals surface area contributed by atoms with Crippen molar-refractivity contribution in [2.45, 2.75) is 51.7 Å². The summed E-state index contributed by atoms with van der Waals surface area (Å²) in [6.07, 6.45) is 0.698. The van der Waals surface area contributed by atoms with Gasteiger partial charge in [0.15, 0.2) is 0 Å². The summed E-state index contributed by atoms with van der Waals surface area (Å²) in [5.41, 5.74) is -0.559. The highest BCUT2D eigenvalue weighted by Crippen LogP contribution is 2.29. The Morgan fingerprint density at radius 3 is 2.27 bits per heavy atom. The summed E-state index contributed by atoms with van der Waals surface area (Å²) in [6.45, 7) is 7.91. The third-order valence-corrected chi connectivity index (χ3v) is 4.25. The first-order valence-electron chi connectivity index (χ1n) is 7.50. The Kier molecular flexibility index (Phi) is 6.67. The predicted octanol–water partition coefficient (Wildman–Crippen LogP) is 4.15. The molecule has 1 rings (SSSR count). The fourth-order valence-electron chi connectivity index (χ4n) is 2.07. The Morgan fingerprint density at radius 2 is 1.82 bits per heavy atom. The molecule has 22 heavy (non-hydrogen) atoms. The molecule has 1 aromatic rings. The number of carbonyl (C=O) groups excluding carboxylic acids is 1. The maximum Gasteiger partial charge on any atom is 0.410 e. The van der Waals surface area contributed by atoms with Gasteiger partial charge in [0.1, 0.15) is 5.60 Å². The summed E-state index contributed by atoms with van der Waals surface area (Å²) < 4.78 is 6.45. The van der Waals surface area contributed by atoms with E-state index < -0.39 is 11.2 Å². The Labute approximate surface area is 147 Å². The quantitative estimate of drug-likeness (QED) is 0.730. The molecule has 0 spiro atoms. The highest BCUT2D eigenvalue weighted by atomic mass is 127. The zero-order valence-corrected chi connectivity index (χ0v) is 16.2. The van der Waals surface area contributed by atoms with Crippen molar-refractivity contribution in [1.29, 1.82) is 0 Å². The van der Waals surface area contributed by atoms with Crippen molar-refractivity contribution < 1.29 is 14.6 Å². The number of amides is 1. The van der Waals surface area contributed by atoms with Crippen molar-refractivity contribution in [3.05, 3.63) is 33.4 Å². The van der Waals surface area contributed by atoms with Crippen LogP contribution in [0.4, 0.5) is 4.79 Å². The second-order valence-electron chi connectivity index (χ2n) is 6.54. The molecule has 1 N–H and O–H groups in total. The SMILES string of the molecule is CCC(O)(CCN(C)C(=O)OC(C)(C)C)c1ccc(I)cc1. The lowest BCUT2D eigenvalue weighted by Gasteiger charge is -2.30. The zero-order valence-electron chi connectivity index (χ0n) is 14.0. The van der Waals surface area contributed by atoms with Gasteiger partial charge in [-0.2, -0.15) is 0 Å². The Hall–Kier alpha value is -0.820. The monoisotopic (exact) mass is 419 g/mol. The number of nitrogens with zero attached hydrogens (tertiary/aromatic N) is 1. The first-order valence-corrected chi connectivity index (χ1v) is 8.58. The molecule has 124 valence electrons. The molecule has 0 aliphatic carbocycles. The van der Waals surface area contributed by atoms with Crippen LogP contribution in [0, 0.1) is 3.57 Å². The minimum atomic E-state index is -0.930. The molecular weight excluding hydrogens is 393 g/mol. The molecule has 0 radical (unpaired) electrons. The molecule has 0 saturated heterocycles. The van der Waals surface area contributed by atoms with E-state index in [2.05, 4.69) is 22.6 Å². The molecule has 0 aliphatic rings. The minimum absolute atomic E-state index is 0.367. The summed E-state index contributed by atoms with van der Waals surface area (Å²) in [7, 11) is 1.69. The molecule has 1 atom stereocenters. The van der Waals surface area contributed by atoms with Gasteiger partial charge in [0.2, 0.25) is 0 Å². The van der Waals surface area contributed by atoms with Crippen LogP contribution in [0.1, 0.15) is 46.1 Å². The summed E-state index contributed by atoms with van der Waals surface area (Å²) >= 11 is 2.24. The molecular formula is C17H26INO3. The molecule has 5 heteroatoms. The molecule has 0 saturated carbocycles. The molecule has 0 bridgehead atoms. The average molecular weight is 419 g/mol. The molecule has 0 aliphatic heterocycles. The molecule has 1 amide bonds. The van der Waals surface area contributed by atoms with Crippen molar-refractivity contribution in [2.75, 3.05) is 13.6 Å². The summed E-state index contributed by atoms with van der Waals surface area (Å²) in [6, 6.07) is 7.85. The van der Waals surface area contributed by atoms with E-state index in [4.69, 9.17) is 4.74 Å². The normalized spacial score (nSPS) is 14.3. The second kappa shape index (κ2) is 7.64. The van der Waals surface area contributed by atoms with Gasteiger partial charge in [-0.1, -0.05) is 19.1 Å². The summed E-state index contributed by atoms with van der Waals surface area (Å²) in [4.78, 5) is 13.5. The Bertz CT molecular complexity index is 496. The van der Waals surface area contributed by atoms with Gasteiger partial charge in [-0.25, -0.2) is 4.79 Å². The molecule has 4 nitrogen and oxygen atoms in total. The van der Waals surface area contributed by atoms with Crippen molar-refractivity contribution >= 4 is 28.7 Å². The number of halogens is 1. The third-order valence-electron chi connectivity index (χ3n) is 3.53. The van der Waals surface area contributed by atoms with Gasteiger partial charge in [-0.3, -0.25) is 0 Å². The van der Waals surface area contributed by atoms with Gasteiger partial charge in [-0.15, -0.1) is 0 Å². The molecule has 1 unspecified atom stereocenters. The molecule has 0 aromatic heterocycles. The van der Waals surface area contributed by atoms with Gasteiger partial charge in [-0.05, 0) is 73.9 Å². The van der Waals surface area contributed by atoms with Gasteiger partial charge in [0.05, 0.1) is 5.60 Å². The van der Waals surface area contributed by atoms with E-state index in [0.717, 1.165) is 9.13 Å². The fraction of sp³-hybridized carbons (Fsp3) is 0.588. The lowest BCUT2D eigenvalue weighted by Crippen LogP contribution is -2.37. The zero-order chi connectivity index (χ0) is 17.0. The lowest BCUT2D eigenvalue weighted by atomic mass is 9.88. The van der Waals surface area contributed by atoms with E-state index in [1.165, 1.54) is 4.90 Å². The smallest absolute Gasteiger partial charge is 0.410 e. The van der Waals surface area contributed by atoms with Crippen LogP contribution in [-0.4, -0.2) is 35.3 Å². The molecule has 0 fully saturated rings. The number of hydrogen-bond donors (Lipinski definition) is 1. The first-order chi connectivity index (χ1) is 10.1. The summed E-state index contributed by atoms with van der Waals surface area (Å²) in [5.74, 6) is 0. The van der Waals surface area contributed by atoms with Gasteiger partial charge < -0.3 is 14.7 Å². The third kappa shape index (κ3) is 5.76. The highest BCUT2D eigenvalue weighted by Gasteiger charge is 2.28. The number of aliphatic hydroxyl groups is 1. The van der Waals surface area contributed by atoms with Crippen LogP contribution in [0.25, 0.3) is 0 Å². The van der Waals surface area contributed by atoms with E-state index in [0.29, 0.717) is 19.4 Å². The maximum atomic E-state index is 12.0. The van der Waals surface area contributed by atoms with Crippen LogP contribution in [0.5, 0.6) is 0 Å². The van der Waals surface area contributed by atoms with E-state index >= 15 is 0 Å². The number of ether oxygens (including phenoxy) is 1. The average Bonchev–Trinajstić information content (AvgIpc) is 2.43. The van der Waals surface area contributed by atoms with Crippen LogP contribution in [0.3, 0.4) is 0 Å². The van der Waals surface area contributed by atoms with Crippen LogP contribution < -0.4 is 0 Å². The van der Waals surface area contributed by atoms with Gasteiger partial charge >= 0.3 is 6.09 Å². The summed E-state index contributed by atoms with van der Waals surface area (Å²) in [5, 5.41) is 10.9. The number of carbonyl (C=O) groups is 1.